The summed E-state index contributed by atoms with van der Waals surface area (Å²) in [6.07, 6.45) is 49.2. The summed E-state index contributed by atoms with van der Waals surface area (Å²) in [5, 5.41) is 11.0. The molecule has 6 heteroatoms. The van der Waals surface area contributed by atoms with Gasteiger partial charge in [0.15, 0.2) is 0 Å². The number of unbranched alkanes of at least 4 members (excludes halogenated alkanes) is 25. The molecule has 0 radical (unpaired) electrons. The average molecular weight is 702 g/mol. The van der Waals surface area contributed by atoms with Gasteiger partial charge in [-0.1, -0.05) is 186 Å². The lowest BCUT2D eigenvalue weighted by Gasteiger charge is -2.11. The minimum Gasteiger partial charge on any atom is -0.480 e. The molecule has 0 aromatic carbocycles. The Morgan fingerprint density at radius 3 is 1.46 bits per heavy atom. The van der Waals surface area contributed by atoms with E-state index in [2.05, 4.69) is 37.4 Å². The number of nitrogens with one attached hydrogen (secondary N) is 1. The molecule has 0 aromatic rings. The Balaban J connectivity index is 3.82. The number of carbonyl (C=O) groups is 3. The number of carbonyl (C=O) groups excluding carboxylic acids is 2. The lowest BCUT2D eigenvalue weighted by Crippen LogP contribution is -2.28. The molecule has 6 nitrogen and oxygen atoms in total. The molecule has 0 aliphatic rings. The van der Waals surface area contributed by atoms with E-state index in [1.165, 1.54) is 135 Å². The average Bonchev–Trinajstić information content (AvgIpc) is 3.10. The Morgan fingerprint density at radius 2 is 0.980 bits per heavy atom. The van der Waals surface area contributed by atoms with Crippen molar-refractivity contribution < 1.29 is 24.2 Å². The molecule has 1 atom stereocenters. The molecule has 0 spiro atoms. The molecule has 0 heterocycles. The van der Waals surface area contributed by atoms with Crippen molar-refractivity contribution in [1.82, 2.24) is 5.32 Å². The van der Waals surface area contributed by atoms with Crippen molar-refractivity contribution in [2.24, 2.45) is 0 Å². The van der Waals surface area contributed by atoms with E-state index in [-0.39, 0.29) is 24.5 Å². The smallest absolute Gasteiger partial charge is 0.322 e. The van der Waals surface area contributed by atoms with Crippen LogP contribution in [0, 0.1) is 0 Å². The van der Waals surface area contributed by atoms with Crippen LogP contribution in [-0.4, -0.2) is 35.6 Å². The number of aliphatic carboxylic acids is 1. The molecule has 2 N–H and O–H groups in total. The highest BCUT2D eigenvalue weighted by Gasteiger charge is 2.09. The van der Waals surface area contributed by atoms with E-state index in [4.69, 9.17) is 9.84 Å². The van der Waals surface area contributed by atoms with Gasteiger partial charge in [0, 0.05) is 12.8 Å². The molecule has 0 aliphatic carbocycles. The second kappa shape index (κ2) is 39.4. The van der Waals surface area contributed by atoms with Gasteiger partial charge in [0.2, 0.25) is 5.91 Å². The fraction of sp³-hybridized carbons (Fsp3) is 0.795. The molecular formula is C44H79NO5. The maximum atomic E-state index is 12.6. The van der Waals surface area contributed by atoms with Crippen LogP contribution < -0.4 is 5.32 Å². The Morgan fingerprint density at radius 1 is 0.540 bits per heavy atom. The van der Waals surface area contributed by atoms with Crippen LogP contribution in [0.15, 0.2) is 36.5 Å². The van der Waals surface area contributed by atoms with Crippen molar-refractivity contribution in [3.8, 4) is 0 Å². The second-order valence-electron chi connectivity index (χ2n) is 14.2. The molecule has 290 valence electrons. The summed E-state index contributed by atoms with van der Waals surface area (Å²) in [4.78, 5) is 34.7. The van der Waals surface area contributed by atoms with E-state index in [1.807, 2.05) is 18.2 Å². The summed E-state index contributed by atoms with van der Waals surface area (Å²) < 4.78 is 5.77. The molecule has 0 bridgehead atoms. The first-order valence-corrected chi connectivity index (χ1v) is 21.2. The van der Waals surface area contributed by atoms with E-state index >= 15 is 0 Å². The summed E-state index contributed by atoms with van der Waals surface area (Å²) in [6, 6.07) is 0. The Hall–Kier alpha value is -2.37. The van der Waals surface area contributed by atoms with E-state index in [0.29, 0.717) is 12.8 Å². The van der Waals surface area contributed by atoms with Gasteiger partial charge < -0.3 is 15.2 Å². The molecule has 50 heavy (non-hydrogen) atoms. The van der Waals surface area contributed by atoms with E-state index in [9.17, 15) is 14.4 Å². The third-order valence-corrected chi connectivity index (χ3v) is 9.29. The molecule has 0 saturated carbocycles. The van der Waals surface area contributed by atoms with Gasteiger partial charge in [-0.25, -0.2) is 0 Å². The quantitative estimate of drug-likeness (QED) is 0.0380. The van der Waals surface area contributed by atoms with Gasteiger partial charge >= 0.3 is 11.9 Å². The third-order valence-electron chi connectivity index (χ3n) is 9.29. The Kier molecular flexibility index (Phi) is 37.5. The molecule has 0 aliphatic heterocycles. The van der Waals surface area contributed by atoms with Crippen LogP contribution in [0.5, 0.6) is 0 Å². The third kappa shape index (κ3) is 38.4. The summed E-state index contributed by atoms with van der Waals surface area (Å²) in [5.74, 6) is -1.39. The Labute approximate surface area is 308 Å². The number of hydrogen-bond acceptors (Lipinski definition) is 4. The fourth-order valence-electron chi connectivity index (χ4n) is 6.18. The summed E-state index contributed by atoms with van der Waals surface area (Å²) in [5.41, 5.74) is 0. The summed E-state index contributed by atoms with van der Waals surface area (Å²) >= 11 is 0. The monoisotopic (exact) mass is 702 g/mol. The second-order valence-corrected chi connectivity index (χ2v) is 14.2. The minimum atomic E-state index is -1.03. The van der Waals surface area contributed by atoms with Crippen molar-refractivity contribution in [2.45, 2.75) is 219 Å². The predicted molar refractivity (Wildman–Crippen MR) is 212 cm³/mol. The molecule has 1 amide bonds. The zero-order chi connectivity index (χ0) is 36.6. The number of carboxylic acid groups (broad SMARTS) is 1. The van der Waals surface area contributed by atoms with E-state index < -0.39 is 5.97 Å². The largest absolute Gasteiger partial charge is 0.480 e. The van der Waals surface area contributed by atoms with Gasteiger partial charge in [-0.15, -0.1) is 0 Å². The number of ether oxygens (including phenoxy) is 1. The molecule has 0 fully saturated rings. The Bertz CT molecular complexity index is 864. The molecule has 0 aromatic heterocycles. The van der Waals surface area contributed by atoms with Crippen molar-refractivity contribution in [1.29, 1.82) is 0 Å². The van der Waals surface area contributed by atoms with Crippen LogP contribution in [-0.2, 0) is 19.1 Å². The van der Waals surface area contributed by atoms with Crippen LogP contribution in [0.25, 0.3) is 0 Å². The summed E-state index contributed by atoms with van der Waals surface area (Å²) in [7, 11) is 0. The van der Waals surface area contributed by atoms with Gasteiger partial charge in [0.1, 0.15) is 12.6 Å². The number of allylic oxidation sites excluding steroid dienone is 4. The highest BCUT2D eigenvalue weighted by atomic mass is 16.5. The van der Waals surface area contributed by atoms with Gasteiger partial charge in [-0.05, 0) is 50.7 Å². The number of amides is 1. The lowest BCUT2D eigenvalue weighted by atomic mass is 10.0. The topological polar surface area (TPSA) is 92.7 Å². The first kappa shape index (κ1) is 47.6. The molecular weight excluding hydrogens is 622 g/mol. The zero-order valence-electron chi connectivity index (χ0n) is 32.7. The maximum absolute atomic E-state index is 12.6. The summed E-state index contributed by atoms with van der Waals surface area (Å²) in [6.45, 7) is 4.07. The van der Waals surface area contributed by atoms with Crippen LogP contribution in [0.3, 0.4) is 0 Å². The fourth-order valence-corrected chi connectivity index (χ4v) is 6.18. The number of rotatable bonds is 38. The molecule has 0 rings (SSSR count). The van der Waals surface area contributed by atoms with Gasteiger partial charge in [0.25, 0.3) is 0 Å². The van der Waals surface area contributed by atoms with Gasteiger partial charge in [0.05, 0.1) is 0 Å². The van der Waals surface area contributed by atoms with Crippen LogP contribution in [0.4, 0.5) is 0 Å². The first-order chi connectivity index (χ1) is 24.5. The SMILES string of the molecule is CC/C=C\C/C=C\C(/C=C\CCCCCC(=O)NCC(=O)O)OC(=O)CCCCCCCCCCCCCCCCCCCCCCCCC. The normalized spacial score (nSPS) is 12.4. The highest BCUT2D eigenvalue weighted by molar-refractivity contribution is 5.80. The zero-order valence-corrected chi connectivity index (χ0v) is 32.7. The van der Waals surface area contributed by atoms with Crippen molar-refractivity contribution in [3.63, 3.8) is 0 Å². The first-order valence-electron chi connectivity index (χ1n) is 21.2. The van der Waals surface area contributed by atoms with Crippen molar-refractivity contribution in [3.05, 3.63) is 36.5 Å². The van der Waals surface area contributed by atoms with Crippen LogP contribution in [0.1, 0.15) is 213 Å². The highest BCUT2D eigenvalue weighted by Crippen LogP contribution is 2.16. The van der Waals surface area contributed by atoms with E-state index in [1.54, 1.807) is 0 Å². The number of esters is 1. The van der Waals surface area contributed by atoms with Crippen molar-refractivity contribution in [2.75, 3.05) is 6.54 Å². The minimum absolute atomic E-state index is 0.135. The van der Waals surface area contributed by atoms with Gasteiger partial charge in [-0.3, -0.25) is 14.4 Å². The van der Waals surface area contributed by atoms with Crippen LogP contribution in [0.2, 0.25) is 0 Å². The number of hydrogen-bond donors (Lipinski definition) is 2. The van der Waals surface area contributed by atoms with E-state index in [0.717, 1.165) is 51.4 Å². The molecule has 0 saturated heterocycles. The van der Waals surface area contributed by atoms with Crippen molar-refractivity contribution >= 4 is 17.8 Å². The predicted octanol–water partition coefficient (Wildman–Crippen LogP) is 12.9. The standard InChI is InChI=1S/C44H79NO5/c1-3-5-7-9-10-11-12-13-14-15-16-17-18-19-20-21-22-23-24-25-26-31-35-39-44(49)50-41(36-32-28-8-6-4-2)37-33-29-27-30-34-38-42(46)45-40-43(47)48/h6,8,32-33,36-37,41H,3-5,7,9-31,34-35,38-40H2,1-2H3,(H,45,46)(H,47,48)/b8-6-,36-32-,37-33-. The lowest BCUT2D eigenvalue weighted by molar-refractivity contribution is -0.145. The molecule has 1 unspecified atom stereocenters. The maximum Gasteiger partial charge on any atom is 0.322 e. The van der Waals surface area contributed by atoms with Gasteiger partial charge in [-0.2, -0.15) is 0 Å². The van der Waals surface area contributed by atoms with Crippen LogP contribution >= 0.6 is 0 Å². The number of carboxylic acids is 1.